The maximum atomic E-state index is 6.32. The normalized spacial score (nSPS) is 26.4. The van der Waals surface area contributed by atoms with Crippen molar-refractivity contribution >= 4 is 23.2 Å². The number of likely N-dealkylation sites (tertiary alicyclic amines) is 1. The average Bonchev–Trinajstić information content (AvgIpc) is 2.40. The second kappa shape index (κ2) is 6.45. The number of nitrogens with zero attached hydrogens (tertiary/aromatic N) is 1. The number of benzene rings is 1. The summed E-state index contributed by atoms with van der Waals surface area (Å²) in [5.74, 6) is 0.638. The molecule has 3 atom stereocenters. The van der Waals surface area contributed by atoms with Crippen LogP contribution in [0.2, 0.25) is 10.0 Å². The van der Waals surface area contributed by atoms with Crippen LogP contribution >= 0.6 is 23.2 Å². The summed E-state index contributed by atoms with van der Waals surface area (Å²) in [5.41, 5.74) is 7.07. The van der Waals surface area contributed by atoms with Crippen molar-refractivity contribution < 1.29 is 0 Å². The summed E-state index contributed by atoms with van der Waals surface area (Å²) in [4.78, 5) is 2.48. The number of halogens is 2. The van der Waals surface area contributed by atoms with Gasteiger partial charge in [-0.15, -0.1) is 0 Å². The van der Waals surface area contributed by atoms with Crippen LogP contribution in [-0.2, 0) is 0 Å². The highest BCUT2D eigenvalue weighted by Gasteiger charge is 2.31. The zero-order valence-electron chi connectivity index (χ0n) is 11.6. The molecule has 1 aromatic carbocycles. The maximum absolute atomic E-state index is 6.32. The van der Waals surface area contributed by atoms with Crippen LogP contribution in [0.1, 0.15) is 38.3 Å². The van der Waals surface area contributed by atoms with E-state index in [1.807, 2.05) is 18.2 Å². The van der Waals surface area contributed by atoms with E-state index >= 15 is 0 Å². The Morgan fingerprint density at radius 1 is 1.42 bits per heavy atom. The number of rotatable bonds is 3. The second-order valence-electron chi connectivity index (χ2n) is 5.50. The van der Waals surface area contributed by atoms with Crippen LogP contribution in [0.3, 0.4) is 0 Å². The fraction of sp³-hybridized carbons (Fsp3) is 0.600. The lowest BCUT2D eigenvalue weighted by molar-refractivity contribution is 0.0690. The van der Waals surface area contributed by atoms with E-state index < -0.39 is 0 Å². The van der Waals surface area contributed by atoms with Crippen LogP contribution in [0, 0.1) is 5.92 Å². The highest BCUT2D eigenvalue weighted by Crippen LogP contribution is 2.35. The first-order chi connectivity index (χ1) is 9.04. The summed E-state index contributed by atoms with van der Waals surface area (Å²) in [6, 6.07) is 6.36. The topological polar surface area (TPSA) is 29.3 Å². The summed E-state index contributed by atoms with van der Waals surface area (Å²) >= 11 is 12.4. The minimum atomic E-state index is 0.252. The van der Waals surface area contributed by atoms with Gasteiger partial charge in [0, 0.05) is 28.7 Å². The molecule has 1 saturated heterocycles. The van der Waals surface area contributed by atoms with Gasteiger partial charge in [-0.1, -0.05) is 30.1 Å². The molecule has 2 N–H and O–H groups in total. The largest absolute Gasteiger partial charge is 0.329 e. The monoisotopic (exact) mass is 300 g/mol. The van der Waals surface area contributed by atoms with E-state index in [1.165, 1.54) is 12.8 Å². The molecule has 4 heteroatoms. The Morgan fingerprint density at radius 2 is 2.16 bits per heavy atom. The molecule has 3 unspecified atom stereocenters. The van der Waals surface area contributed by atoms with Gasteiger partial charge >= 0.3 is 0 Å². The van der Waals surface area contributed by atoms with Gasteiger partial charge in [0.25, 0.3) is 0 Å². The molecule has 0 aliphatic carbocycles. The van der Waals surface area contributed by atoms with Gasteiger partial charge in [-0.2, -0.15) is 0 Å². The number of hydrogen-bond donors (Lipinski definition) is 1. The van der Waals surface area contributed by atoms with Gasteiger partial charge in [-0.25, -0.2) is 0 Å². The van der Waals surface area contributed by atoms with Crippen molar-refractivity contribution in [3.63, 3.8) is 0 Å². The second-order valence-corrected chi connectivity index (χ2v) is 6.35. The molecule has 1 aliphatic rings. The third kappa shape index (κ3) is 3.25. The highest BCUT2D eigenvalue weighted by atomic mass is 35.5. The molecule has 0 saturated carbocycles. The van der Waals surface area contributed by atoms with Gasteiger partial charge in [0.2, 0.25) is 0 Å². The first kappa shape index (κ1) is 15.1. The Kier molecular flexibility index (Phi) is 5.13. The van der Waals surface area contributed by atoms with Crippen LogP contribution in [0.5, 0.6) is 0 Å². The maximum Gasteiger partial charge on any atom is 0.0454 e. The smallest absolute Gasteiger partial charge is 0.0454 e. The van der Waals surface area contributed by atoms with Crippen molar-refractivity contribution in [2.75, 3.05) is 13.1 Å². The zero-order valence-corrected chi connectivity index (χ0v) is 13.1. The van der Waals surface area contributed by atoms with Gasteiger partial charge in [-0.3, -0.25) is 4.90 Å². The molecule has 1 aliphatic heterocycles. The predicted octanol–water partition coefficient (Wildman–Crippen LogP) is 4.11. The molecule has 0 aromatic heterocycles. The molecule has 0 amide bonds. The molecule has 1 aromatic rings. The summed E-state index contributed by atoms with van der Waals surface area (Å²) in [5, 5.41) is 1.52. The molecule has 2 nitrogen and oxygen atoms in total. The predicted molar refractivity (Wildman–Crippen MR) is 82.8 cm³/mol. The molecule has 1 heterocycles. The summed E-state index contributed by atoms with van der Waals surface area (Å²) in [6.07, 6.45) is 2.48. The van der Waals surface area contributed by atoms with E-state index in [-0.39, 0.29) is 6.04 Å². The molecule has 106 valence electrons. The first-order valence-electron chi connectivity index (χ1n) is 6.95. The number of nitrogens with two attached hydrogens (primary N) is 1. The fourth-order valence-electron chi connectivity index (χ4n) is 3.14. The lowest BCUT2D eigenvalue weighted by atomic mass is 9.88. The van der Waals surface area contributed by atoms with Gasteiger partial charge in [-0.05, 0) is 56.0 Å². The van der Waals surface area contributed by atoms with E-state index in [9.17, 15) is 0 Å². The fourth-order valence-corrected chi connectivity index (χ4v) is 3.60. The van der Waals surface area contributed by atoms with Crippen molar-refractivity contribution in [2.45, 2.75) is 38.8 Å². The Balaban J connectivity index is 2.26. The summed E-state index contributed by atoms with van der Waals surface area (Å²) in [6.45, 7) is 6.26. The van der Waals surface area contributed by atoms with E-state index in [1.54, 1.807) is 0 Å². The van der Waals surface area contributed by atoms with Crippen LogP contribution < -0.4 is 5.73 Å². The Morgan fingerprint density at radius 3 is 2.84 bits per heavy atom. The first-order valence-corrected chi connectivity index (χ1v) is 7.71. The molecule has 1 fully saturated rings. The highest BCUT2D eigenvalue weighted by molar-refractivity contribution is 6.33. The Hall–Kier alpha value is -0.280. The lowest BCUT2D eigenvalue weighted by Crippen LogP contribution is -2.49. The lowest BCUT2D eigenvalue weighted by Gasteiger charge is -2.43. The zero-order chi connectivity index (χ0) is 14.0. The van der Waals surface area contributed by atoms with E-state index in [4.69, 9.17) is 28.9 Å². The average molecular weight is 301 g/mol. The van der Waals surface area contributed by atoms with E-state index in [0.717, 1.165) is 22.2 Å². The SMILES string of the molecule is CC1CCCN(C(C)c2cc(Cl)ccc2Cl)C1CN. The van der Waals surface area contributed by atoms with Gasteiger partial charge < -0.3 is 5.73 Å². The van der Waals surface area contributed by atoms with E-state index in [0.29, 0.717) is 18.5 Å². The Bertz CT molecular complexity index is 436. The third-order valence-corrected chi connectivity index (χ3v) is 4.89. The summed E-state index contributed by atoms with van der Waals surface area (Å²) in [7, 11) is 0. The van der Waals surface area contributed by atoms with Crippen molar-refractivity contribution in [2.24, 2.45) is 11.7 Å². The summed E-state index contributed by atoms with van der Waals surface area (Å²) < 4.78 is 0. The molecule has 2 rings (SSSR count). The van der Waals surface area contributed by atoms with E-state index in [2.05, 4.69) is 18.7 Å². The minimum Gasteiger partial charge on any atom is -0.329 e. The molecular weight excluding hydrogens is 279 g/mol. The van der Waals surface area contributed by atoms with Crippen molar-refractivity contribution in [3.05, 3.63) is 33.8 Å². The minimum absolute atomic E-state index is 0.252. The molecule has 0 radical (unpaired) electrons. The van der Waals surface area contributed by atoms with Gasteiger partial charge in [0.15, 0.2) is 0 Å². The standard InChI is InChI=1S/C15H22Cl2N2/c1-10-4-3-7-19(15(10)9-18)11(2)13-8-12(16)5-6-14(13)17/h5-6,8,10-11,15H,3-4,7,9,18H2,1-2H3. The van der Waals surface area contributed by atoms with Crippen LogP contribution in [0.15, 0.2) is 18.2 Å². The number of hydrogen-bond acceptors (Lipinski definition) is 2. The molecule has 19 heavy (non-hydrogen) atoms. The van der Waals surface area contributed by atoms with Crippen molar-refractivity contribution in [3.8, 4) is 0 Å². The quantitative estimate of drug-likeness (QED) is 0.910. The van der Waals surface area contributed by atoms with Crippen LogP contribution in [0.25, 0.3) is 0 Å². The Labute approximate surface area is 125 Å². The van der Waals surface area contributed by atoms with Crippen molar-refractivity contribution in [1.82, 2.24) is 4.90 Å². The van der Waals surface area contributed by atoms with Crippen LogP contribution in [-0.4, -0.2) is 24.0 Å². The number of piperidine rings is 1. The third-order valence-electron chi connectivity index (χ3n) is 4.31. The van der Waals surface area contributed by atoms with Crippen molar-refractivity contribution in [1.29, 1.82) is 0 Å². The van der Waals surface area contributed by atoms with Gasteiger partial charge in [0.05, 0.1) is 0 Å². The molecular formula is C15H22Cl2N2. The molecule has 0 spiro atoms. The van der Waals surface area contributed by atoms with Gasteiger partial charge in [0.1, 0.15) is 0 Å². The van der Waals surface area contributed by atoms with Crippen LogP contribution in [0.4, 0.5) is 0 Å². The molecule has 0 bridgehead atoms.